The molecule has 220 valence electrons. The van der Waals surface area contributed by atoms with Crippen LogP contribution < -0.4 is 14.8 Å². The van der Waals surface area contributed by atoms with Crippen molar-refractivity contribution in [3.63, 3.8) is 0 Å². The van der Waals surface area contributed by atoms with Gasteiger partial charge in [0.2, 0.25) is 5.91 Å². The standard InChI is InChI=1S/C32H34N2O8/c1-21(33-31(36)24-17-29(18-24)42-28-14-10-26(11-15-28)34(38)39)30(35)19-25(16-22-8-12-27(40-2)13-9-22)32(37)41-20-23-6-4-3-5-7-23/h3-15,21,24-25,29H,16-20H2,1-2H3,(H,33,36)/t21-,24?,25-,29?/m1/s1. The van der Waals surface area contributed by atoms with Gasteiger partial charge in [0.15, 0.2) is 5.78 Å². The molecule has 4 rings (SSSR count). The van der Waals surface area contributed by atoms with Crippen LogP contribution in [0.5, 0.6) is 11.5 Å². The summed E-state index contributed by atoms with van der Waals surface area (Å²) < 4.78 is 16.6. The first kappa shape index (κ1) is 30.2. The average molecular weight is 575 g/mol. The Balaban J connectivity index is 1.29. The molecule has 0 unspecified atom stereocenters. The number of rotatable bonds is 14. The minimum atomic E-state index is -0.785. The predicted octanol–water partition coefficient (Wildman–Crippen LogP) is 4.83. The number of hydrogen-bond donors (Lipinski definition) is 1. The highest BCUT2D eigenvalue weighted by Crippen LogP contribution is 2.32. The van der Waals surface area contributed by atoms with Gasteiger partial charge in [-0.3, -0.25) is 24.5 Å². The van der Waals surface area contributed by atoms with E-state index in [0.29, 0.717) is 30.8 Å². The molecule has 0 aliphatic heterocycles. The molecule has 1 aliphatic carbocycles. The largest absolute Gasteiger partial charge is 0.497 e. The van der Waals surface area contributed by atoms with E-state index in [1.165, 1.54) is 24.3 Å². The molecule has 3 aromatic carbocycles. The molecule has 0 aromatic heterocycles. The van der Waals surface area contributed by atoms with Crippen molar-refractivity contribution in [3.8, 4) is 11.5 Å². The number of benzene rings is 3. The molecule has 0 radical (unpaired) electrons. The lowest BCUT2D eigenvalue weighted by Gasteiger charge is -2.34. The number of nitrogens with zero attached hydrogens (tertiary/aromatic N) is 1. The molecule has 1 amide bonds. The van der Waals surface area contributed by atoms with Crippen LogP contribution in [0.3, 0.4) is 0 Å². The van der Waals surface area contributed by atoms with Gasteiger partial charge in [-0.15, -0.1) is 0 Å². The van der Waals surface area contributed by atoms with Gasteiger partial charge in [0.25, 0.3) is 5.69 Å². The topological polar surface area (TPSA) is 134 Å². The van der Waals surface area contributed by atoms with Crippen LogP contribution in [0.1, 0.15) is 37.3 Å². The molecule has 0 heterocycles. The molecule has 1 fully saturated rings. The number of non-ortho nitro benzene ring substituents is 1. The maximum Gasteiger partial charge on any atom is 0.310 e. The number of carbonyl (C=O) groups is 3. The number of ether oxygens (including phenoxy) is 3. The van der Waals surface area contributed by atoms with Crippen molar-refractivity contribution in [2.24, 2.45) is 11.8 Å². The SMILES string of the molecule is COc1ccc(C[C@H](CC(=O)[C@@H](C)NC(=O)C2CC(Oc3ccc([N+](=O)[O-])cc3)C2)C(=O)OCc2ccccc2)cc1. The van der Waals surface area contributed by atoms with Gasteiger partial charge in [-0.05, 0) is 61.6 Å². The monoisotopic (exact) mass is 574 g/mol. The minimum Gasteiger partial charge on any atom is -0.497 e. The van der Waals surface area contributed by atoms with Gasteiger partial charge in [0.1, 0.15) is 24.2 Å². The van der Waals surface area contributed by atoms with Gasteiger partial charge in [-0.25, -0.2) is 0 Å². The Hall–Kier alpha value is -4.73. The molecule has 1 aliphatic rings. The number of esters is 1. The maximum absolute atomic E-state index is 13.2. The summed E-state index contributed by atoms with van der Waals surface area (Å²) in [5.41, 5.74) is 1.68. The average Bonchev–Trinajstić information content (AvgIpc) is 2.98. The Kier molecular flexibility index (Phi) is 10.3. The summed E-state index contributed by atoms with van der Waals surface area (Å²) in [7, 11) is 1.57. The number of nitro groups is 1. The van der Waals surface area contributed by atoms with E-state index in [0.717, 1.165) is 11.1 Å². The van der Waals surface area contributed by atoms with Gasteiger partial charge in [0, 0.05) is 24.5 Å². The summed E-state index contributed by atoms with van der Waals surface area (Å²) in [5, 5.41) is 13.6. The number of ketones is 1. The Morgan fingerprint density at radius 2 is 1.57 bits per heavy atom. The van der Waals surface area contributed by atoms with Crippen molar-refractivity contribution in [3.05, 3.63) is 100 Å². The van der Waals surface area contributed by atoms with Gasteiger partial charge in [-0.2, -0.15) is 0 Å². The Morgan fingerprint density at radius 1 is 0.929 bits per heavy atom. The molecule has 1 saturated carbocycles. The van der Waals surface area contributed by atoms with E-state index in [9.17, 15) is 24.5 Å². The molecule has 1 N–H and O–H groups in total. The number of amides is 1. The van der Waals surface area contributed by atoms with Crippen LogP contribution in [0.25, 0.3) is 0 Å². The fourth-order valence-corrected chi connectivity index (χ4v) is 4.68. The van der Waals surface area contributed by atoms with E-state index in [-0.39, 0.29) is 42.4 Å². The molecular weight excluding hydrogens is 540 g/mol. The van der Waals surface area contributed by atoms with Crippen LogP contribution in [-0.4, -0.2) is 41.8 Å². The summed E-state index contributed by atoms with van der Waals surface area (Å²) in [6.07, 6.45) is 0.957. The fraction of sp³-hybridized carbons (Fsp3) is 0.344. The highest BCUT2D eigenvalue weighted by Gasteiger charge is 2.37. The van der Waals surface area contributed by atoms with Crippen molar-refractivity contribution in [2.45, 2.75) is 51.4 Å². The number of hydrogen-bond acceptors (Lipinski definition) is 8. The zero-order valence-corrected chi connectivity index (χ0v) is 23.6. The van der Waals surface area contributed by atoms with Crippen LogP contribution >= 0.6 is 0 Å². The predicted molar refractivity (Wildman–Crippen MR) is 154 cm³/mol. The number of methoxy groups -OCH3 is 1. The van der Waals surface area contributed by atoms with Gasteiger partial charge < -0.3 is 19.5 Å². The summed E-state index contributed by atoms with van der Waals surface area (Å²) >= 11 is 0. The van der Waals surface area contributed by atoms with Crippen LogP contribution in [0, 0.1) is 22.0 Å². The Morgan fingerprint density at radius 3 is 2.19 bits per heavy atom. The van der Waals surface area contributed by atoms with Gasteiger partial charge in [-0.1, -0.05) is 42.5 Å². The highest BCUT2D eigenvalue weighted by molar-refractivity contribution is 5.92. The molecule has 2 atom stereocenters. The zero-order chi connectivity index (χ0) is 30.1. The van der Waals surface area contributed by atoms with Crippen molar-refractivity contribution in [1.29, 1.82) is 0 Å². The maximum atomic E-state index is 13.2. The van der Waals surface area contributed by atoms with E-state index in [2.05, 4.69) is 5.32 Å². The normalized spacial score (nSPS) is 17.2. The fourth-order valence-electron chi connectivity index (χ4n) is 4.68. The quantitative estimate of drug-likeness (QED) is 0.164. The second-order valence-corrected chi connectivity index (χ2v) is 10.4. The number of nitro benzene ring substituents is 1. The smallest absolute Gasteiger partial charge is 0.310 e. The van der Waals surface area contributed by atoms with Crippen molar-refractivity contribution in [1.82, 2.24) is 5.32 Å². The molecule has 0 spiro atoms. The molecule has 10 heteroatoms. The van der Waals surface area contributed by atoms with E-state index >= 15 is 0 Å². The number of nitrogens with one attached hydrogen (secondary N) is 1. The summed E-state index contributed by atoms with van der Waals surface area (Å²) in [6, 6.07) is 21.6. The third kappa shape index (κ3) is 8.39. The molecule has 42 heavy (non-hydrogen) atoms. The first-order chi connectivity index (χ1) is 20.2. The molecule has 3 aromatic rings. The highest BCUT2D eigenvalue weighted by atomic mass is 16.6. The zero-order valence-electron chi connectivity index (χ0n) is 23.6. The Bertz CT molecular complexity index is 1370. The lowest BCUT2D eigenvalue weighted by Crippen LogP contribution is -2.48. The number of Topliss-reactive ketones (excluding diaryl/α,β-unsaturated/α-hetero) is 1. The lowest BCUT2D eigenvalue weighted by molar-refractivity contribution is -0.384. The first-order valence-corrected chi connectivity index (χ1v) is 13.8. The molecule has 0 saturated heterocycles. The molecular formula is C32H34N2O8. The van der Waals surface area contributed by atoms with Gasteiger partial charge >= 0.3 is 5.97 Å². The van der Waals surface area contributed by atoms with Crippen molar-refractivity contribution < 1.29 is 33.5 Å². The van der Waals surface area contributed by atoms with E-state index in [1.807, 2.05) is 42.5 Å². The lowest BCUT2D eigenvalue weighted by atomic mass is 9.81. The summed E-state index contributed by atoms with van der Waals surface area (Å²) in [6.45, 7) is 1.72. The van der Waals surface area contributed by atoms with Crippen molar-refractivity contribution in [2.75, 3.05) is 7.11 Å². The van der Waals surface area contributed by atoms with E-state index < -0.39 is 22.9 Å². The van der Waals surface area contributed by atoms with Crippen molar-refractivity contribution >= 4 is 23.3 Å². The minimum absolute atomic E-state index is 0.0254. The second kappa shape index (κ2) is 14.2. The van der Waals surface area contributed by atoms with Crippen LogP contribution in [0.4, 0.5) is 5.69 Å². The van der Waals surface area contributed by atoms with Crippen LogP contribution in [-0.2, 0) is 32.1 Å². The third-order valence-corrected chi connectivity index (χ3v) is 7.30. The first-order valence-electron chi connectivity index (χ1n) is 13.8. The third-order valence-electron chi connectivity index (χ3n) is 7.30. The van der Waals surface area contributed by atoms with E-state index in [4.69, 9.17) is 14.2 Å². The Labute approximate surface area is 244 Å². The second-order valence-electron chi connectivity index (χ2n) is 10.4. The number of carbonyl (C=O) groups excluding carboxylic acids is 3. The molecule has 10 nitrogen and oxygen atoms in total. The summed E-state index contributed by atoms with van der Waals surface area (Å²) in [4.78, 5) is 49.4. The molecule has 0 bridgehead atoms. The summed E-state index contributed by atoms with van der Waals surface area (Å²) in [5.74, 6) is -0.853. The van der Waals surface area contributed by atoms with Crippen LogP contribution in [0.2, 0.25) is 0 Å². The van der Waals surface area contributed by atoms with Crippen LogP contribution in [0.15, 0.2) is 78.9 Å². The van der Waals surface area contributed by atoms with Gasteiger partial charge in [0.05, 0.1) is 24.0 Å². The van der Waals surface area contributed by atoms with E-state index in [1.54, 1.807) is 26.2 Å².